The second kappa shape index (κ2) is 6.55. The Bertz CT molecular complexity index is 347. The molecule has 1 aromatic carbocycles. The van der Waals surface area contributed by atoms with Crippen LogP contribution in [0, 0.1) is 0 Å². The van der Waals surface area contributed by atoms with E-state index < -0.39 is 0 Å². The van der Waals surface area contributed by atoms with E-state index in [4.69, 9.17) is 11.6 Å². The number of benzene rings is 1. The van der Waals surface area contributed by atoms with Gasteiger partial charge in [0.25, 0.3) is 0 Å². The highest BCUT2D eigenvalue weighted by Crippen LogP contribution is 2.23. The molecule has 0 aromatic heterocycles. The summed E-state index contributed by atoms with van der Waals surface area (Å²) >= 11 is 6.50. The topological polar surface area (TPSA) is 6.48 Å². The van der Waals surface area contributed by atoms with Crippen LogP contribution >= 0.6 is 11.6 Å². The van der Waals surface area contributed by atoms with Gasteiger partial charge in [0.2, 0.25) is 0 Å². The lowest BCUT2D eigenvalue weighted by molar-refractivity contribution is 0.144. The third-order valence-corrected chi connectivity index (χ3v) is 4.31. The lowest BCUT2D eigenvalue weighted by Crippen LogP contribution is -2.42. The van der Waals surface area contributed by atoms with Crippen LogP contribution in [-0.4, -0.2) is 49.6 Å². The fourth-order valence-electron chi connectivity index (χ4n) is 2.60. The van der Waals surface area contributed by atoms with Crippen LogP contribution in [0.4, 0.5) is 0 Å². The van der Waals surface area contributed by atoms with Crippen molar-refractivity contribution in [3.05, 3.63) is 35.9 Å². The molecule has 0 saturated carbocycles. The normalized spacial score (nSPS) is 20.2. The van der Waals surface area contributed by atoms with Crippen LogP contribution in [0.2, 0.25) is 0 Å². The van der Waals surface area contributed by atoms with Gasteiger partial charge in [0, 0.05) is 12.6 Å². The number of hydrogen-bond acceptors (Lipinski definition) is 2. The molecule has 0 amide bonds. The number of rotatable bonds is 4. The summed E-state index contributed by atoms with van der Waals surface area (Å²) in [5.74, 6) is 0. The van der Waals surface area contributed by atoms with E-state index in [1.54, 1.807) is 0 Å². The Labute approximate surface area is 116 Å². The number of piperidine rings is 1. The molecule has 2 nitrogen and oxygen atoms in total. The smallest absolute Gasteiger partial charge is 0.0712 e. The third kappa shape index (κ3) is 3.71. The van der Waals surface area contributed by atoms with E-state index in [1.165, 1.54) is 31.5 Å². The zero-order valence-corrected chi connectivity index (χ0v) is 12.1. The monoisotopic (exact) mass is 266 g/mol. The minimum Gasteiger partial charge on any atom is -0.306 e. The van der Waals surface area contributed by atoms with Gasteiger partial charge in [-0.3, -0.25) is 0 Å². The van der Waals surface area contributed by atoms with Crippen molar-refractivity contribution in [3.8, 4) is 0 Å². The molecule has 1 fully saturated rings. The van der Waals surface area contributed by atoms with E-state index in [-0.39, 0.29) is 5.38 Å². The lowest BCUT2D eigenvalue weighted by Gasteiger charge is -2.36. The van der Waals surface area contributed by atoms with E-state index in [2.05, 4.69) is 48.2 Å². The molecule has 0 N–H and O–H groups in total. The average Bonchev–Trinajstić information content (AvgIpc) is 2.40. The molecule has 1 aromatic rings. The van der Waals surface area contributed by atoms with Crippen molar-refractivity contribution in [2.24, 2.45) is 0 Å². The Kier molecular flexibility index (Phi) is 5.04. The van der Waals surface area contributed by atoms with Gasteiger partial charge in [0.15, 0.2) is 0 Å². The molecule has 3 heteroatoms. The first-order chi connectivity index (χ1) is 8.66. The first-order valence-electron chi connectivity index (χ1n) is 6.74. The van der Waals surface area contributed by atoms with Crippen molar-refractivity contribution in [1.82, 2.24) is 9.80 Å². The minimum absolute atomic E-state index is 0.0934. The second-order valence-corrected chi connectivity index (χ2v) is 5.88. The summed E-state index contributed by atoms with van der Waals surface area (Å²) in [6.07, 6.45) is 2.51. The molecular formula is C15H23ClN2. The van der Waals surface area contributed by atoms with Gasteiger partial charge in [-0.2, -0.15) is 0 Å². The average molecular weight is 267 g/mol. The van der Waals surface area contributed by atoms with Gasteiger partial charge in [-0.15, -0.1) is 11.6 Å². The van der Waals surface area contributed by atoms with Crippen molar-refractivity contribution in [2.45, 2.75) is 24.3 Å². The Balaban J connectivity index is 1.85. The van der Waals surface area contributed by atoms with E-state index in [1.807, 2.05) is 6.07 Å². The van der Waals surface area contributed by atoms with Crippen LogP contribution in [0.25, 0.3) is 0 Å². The predicted octanol–water partition coefficient (Wildman–Crippen LogP) is 2.99. The first kappa shape index (κ1) is 13.9. The highest BCUT2D eigenvalue weighted by Gasteiger charge is 2.22. The maximum Gasteiger partial charge on any atom is 0.0712 e. The zero-order valence-electron chi connectivity index (χ0n) is 11.3. The van der Waals surface area contributed by atoms with Gasteiger partial charge >= 0.3 is 0 Å². The van der Waals surface area contributed by atoms with Gasteiger partial charge in [-0.05, 0) is 45.6 Å². The molecular weight excluding hydrogens is 244 g/mol. The fourth-order valence-corrected chi connectivity index (χ4v) is 2.97. The zero-order chi connectivity index (χ0) is 13.0. The molecule has 0 spiro atoms. The van der Waals surface area contributed by atoms with Crippen molar-refractivity contribution in [2.75, 3.05) is 33.7 Å². The standard InChI is InChI=1S/C15H23ClN2/c1-17-10-8-14(9-11-17)18(2)12-15(16)13-6-4-3-5-7-13/h3-7,14-15H,8-12H2,1-2H3. The highest BCUT2D eigenvalue weighted by atomic mass is 35.5. The Morgan fingerprint density at radius 2 is 1.89 bits per heavy atom. The number of likely N-dealkylation sites (N-methyl/N-ethyl adjacent to an activating group) is 1. The quantitative estimate of drug-likeness (QED) is 0.773. The molecule has 1 aliphatic rings. The number of nitrogens with zero attached hydrogens (tertiary/aromatic N) is 2. The molecule has 0 bridgehead atoms. The van der Waals surface area contributed by atoms with Crippen molar-refractivity contribution >= 4 is 11.6 Å². The van der Waals surface area contributed by atoms with E-state index in [0.29, 0.717) is 6.04 Å². The van der Waals surface area contributed by atoms with Gasteiger partial charge in [0.05, 0.1) is 5.38 Å². The Morgan fingerprint density at radius 3 is 2.50 bits per heavy atom. The summed E-state index contributed by atoms with van der Waals surface area (Å²) < 4.78 is 0. The molecule has 18 heavy (non-hydrogen) atoms. The summed E-state index contributed by atoms with van der Waals surface area (Å²) in [6.45, 7) is 3.33. The van der Waals surface area contributed by atoms with Crippen LogP contribution in [0.1, 0.15) is 23.8 Å². The Morgan fingerprint density at radius 1 is 1.28 bits per heavy atom. The molecule has 1 heterocycles. The van der Waals surface area contributed by atoms with E-state index >= 15 is 0 Å². The summed E-state index contributed by atoms with van der Waals surface area (Å²) in [5.41, 5.74) is 1.22. The summed E-state index contributed by atoms with van der Waals surface area (Å²) in [7, 11) is 4.40. The lowest BCUT2D eigenvalue weighted by atomic mass is 10.0. The number of halogens is 1. The third-order valence-electron chi connectivity index (χ3n) is 3.92. The molecule has 0 radical (unpaired) electrons. The molecule has 1 unspecified atom stereocenters. The number of hydrogen-bond donors (Lipinski definition) is 0. The van der Waals surface area contributed by atoms with Crippen LogP contribution < -0.4 is 0 Å². The SMILES string of the molecule is CN1CCC(N(C)CC(Cl)c2ccccc2)CC1. The van der Waals surface area contributed by atoms with Crippen LogP contribution in [-0.2, 0) is 0 Å². The maximum absolute atomic E-state index is 6.50. The first-order valence-corrected chi connectivity index (χ1v) is 7.18. The maximum atomic E-state index is 6.50. The van der Waals surface area contributed by atoms with Gasteiger partial charge in [-0.25, -0.2) is 0 Å². The fraction of sp³-hybridized carbons (Fsp3) is 0.600. The van der Waals surface area contributed by atoms with Gasteiger partial charge in [0.1, 0.15) is 0 Å². The molecule has 1 saturated heterocycles. The molecule has 2 rings (SSSR count). The number of alkyl halides is 1. The van der Waals surface area contributed by atoms with Gasteiger partial charge < -0.3 is 9.80 Å². The van der Waals surface area contributed by atoms with E-state index in [9.17, 15) is 0 Å². The molecule has 0 aliphatic carbocycles. The predicted molar refractivity (Wildman–Crippen MR) is 78.2 cm³/mol. The largest absolute Gasteiger partial charge is 0.306 e. The second-order valence-electron chi connectivity index (χ2n) is 5.35. The minimum atomic E-state index is 0.0934. The Hall–Kier alpha value is -0.570. The van der Waals surface area contributed by atoms with Crippen LogP contribution in [0.5, 0.6) is 0 Å². The summed E-state index contributed by atoms with van der Waals surface area (Å²) in [6, 6.07) is 11.1. The van der Waals surface area contributed by atoms with Crippen molar-refractivity contribution in [1.29, 1.82) is 0 Å². The number of likely N-dealkylation sites (tertiary alicyclic amines) is 1. The summed E-state index contributed by atoms with van der Waals surface area (Å²) in [4.78, 5) is 4.83. The van der Waals surface area contributed by atoms with E-state index in [0.717, 1.165) is 6.54 Å². The van der Waals surface area contributed by atoms with Crippen molar-refractivity contribution < 1.29 is 0 Å². The molecule has 1 aliphatic heterocycles. The van der Waals surface area contributed by atoms with Crippen molar-refractivity contribution in [3.63, 3.8) is 0 Å². The molecule has 1 atom stereocenters. The summed E-state index contributed by atoms with van der Waals surface area (Å²) in [5, 5.41) is 0.0934. The van der Waals surface area contributed by atoms with Crippen LogP contribution in [0.3, 0.4) is 0 Å². The highest BCUT2D eigenvalue weighted by molar-refractivity contribution is 6.21. The van der Waals surface area contributed by atoms with Gasteiger partial charge in [-0.1, -0.05) is 30.3 Å². The van der Waals surface area contributed by atoms with Crippen LogP contribution in [0.15, 0.2) is 30.3 Å². The molecule has 100 valence electrons.